The quantitative estimate of drug-likeness (QED) is 0.696. The Morgan fingerprint density at radius 1 is 1.71 bits per heavy atom. The maximum absolute atomic E-state index is 11.4. The lowest BCUT2D eigenvalue weighted by molar-refractivity contribution is -0.143. The van der Waals surface area contributed by atoms with Crippen LogP contribution in [0, 0.1) is 0 Å². The number of hydrogen-bond donors (Lipinski definition) is 1. The molecule has 0 radical (unpaired) electrons. The second kappa shape index (κ2) is 3.51. The van der Waals surface area contributed by atoms with Gasteiger partial charge in [-0.3, -0.25) is 10.1 Å². The monoisotopic (exact) mass is 211 g/mol. The number of carbonyl (C=O) groups is 2. The van der Waals surface area contributed by atoms with E-state index in [1.54, 1.807) is 6.07 Å². The first-order valence-corrected chi connectivity index (χ1v) is 5.04. The highest BCUT2D eigenvalue weighted by molar-refractivity contribution is 7.10. The van der Waals surface area contributed by atoms with E-state index in [1.807, 2.05) is 5.38 Å². The van der Waals surface area contributed by atoms with Gasteiger partial charge < -0.3 is 4.74 Å². The second-order valence-corrected chi connectivity index (χ2v) is 3.91. The van der Waals surface area contributed by atoms with Crippen LogP contribution in [0.1, 0.15) is 21.3 Å². The van der Waals surface area contributed by atoms with Crippen molar-refractivity contribution in [2.45, 2.75) is 6.04 Å². The number of nitrogens with one attached hydrogen (secondary N) is 1. The van der Waals surface area contributed by atoms with Crippen LogP contribution in [0.5, 0.6) is 0 Å². The largest absolute Gasteiger partial charge is 0.468 e. The lowest BCUT2D eigenvalue weighted by Crippen LogP contribution is -2.38. The zero-order chi connectivity index (χ0) is 10.1. The van der Waals surface area contributed by atoms with Crippen molar-refractivity contribution >= 4 is 23.1 Å². The Bertz CT molecular complexity index is 385. The summed E-state index contributed by atoms with van der Waals surface area (Å²) in [5.41, 5.74) is 0.643. The summed E-state index contributed by atoms with van der Waals surface area (Å²) >= 11 is 1.40. The molecule has 2 rings (SSSR count). The lowest BCUT2D eigenvalue weighted by Gasteiger charge is -2.20. The minimum absolute atomic E-state index is 0.0291. The molecule has 0 saturated heterocycles. The zero-order valence-corrected chi connectivity index (χ0v) is 8.39. The van der Waals surface area contributed by atoms with Gasteiger partial charge in [0.1, 0.15) is 6.04 Å². The maximum atomic E-state index is 11.4. The molecule has 1 aliphatic heterocycles. The van der Waals surface area contributed by atoms with Gasteiger partial charge in [0.2, 0.25) is 0 Å². The van der Waals surface area contributed by atoms with E-state index in [1.165, 1.54) is 18.4 Å². The third-order valence-electron chi connectivity index (χ3n) is 2.16. The number of esters is 1. The van der Waals surface area contributed by atoms with Gasteiger partial charge >= 0.3 is 5.97 Å². The first-order chi connectivity index (χ1) is 6.74. The van der Waals surface area contributed by atoms with Crippen LogP contribution in [0.15, 0.2) is 11.4 Å². The minimum atomic E-state index is -0.479. The fourth-order valence-corrected chi connectivity index (χ4v) is 2.44. The molecule has 1 unspecified atom stereocenters. The number of methoxy groups -OCH3 is 1. The molecule has 1 N–H and O–H groups in total. The average Bonchev–Trinajstić information content (AvgIpc) is 2.67. The van der Waals surface area contributed by atoms with Crippen molar-refractivity contribution in [2.24, 2.45) is 0 Å². The van der Waals surface area contributed by atoms with Crippen LogP contribution in [0.2, 0.25) is 0 Å². The predicted molar refractivity (Wildman–Crippen MR) is 51.4 cm³/mol. The molecule has 0 spiro atoms. The van der Waals surface area contributed by atoms with E-state index >= 15 is 0 Å². The van der Waals surface area contributed by atoms with Gasteiger partial charge in [0, 0.05) is 10.4 Å². The summed E-state index contributed by atoms with van der Waals surface area (Å²) in [7, 11) is 1.34. The van der Waals surface area contributed by atoms with Gasteiger partial charge in [-0.1, -0.05) is 0 Å². The topological polar surface area (TPSA) is 55.4 Å². The van der Waals surface area contributed by atoms with E-state index in [9.17, 15) is 9.59 Å². The van der Waals surface area contributed by atoms with E-state index in [0.29, 0.717) is 5.56 Å². The molecule has 14 heavy (non-hydrogen) atoms. The Morgan fingerprint density at radius 2 is 2.50 bits per heavy atom. The molecule has 0 aliphatic carbocycles. The summed E-state index contributed by atoms with van der Waals surface area (Å²) in [6, 6.07) is 1.27. The molecule has 4 nitrogen and oxygen atoms in total. The zero-order valence-electron chi connectivity index (χ0n) is 7.57. The van der Waals surface area contributed by atoms with Gasteiger partial charge in [0.25, 0.3) is 0 Å². The molecular weight excluding hydrogens is 202 g/mol. The van der Waals surface area contributed by atoms with E-state index < -0.39 is 6.04 Å². The fraction of sp³-hybridized carbons (Fsp3) is 0.333. The van der Waals surface area contributed by atoms with Crippen LogP contribution in [-0.2, 0) is 9.53 Å². The van der Waals surface area contributed by atoms with E-state index in [4.69, 9.17) is 0 Å². The molecule has 5 heteroatoms. The molecule has 1 aromatic rings. The summed E-state index contributed by atoms with van der Waals surface area (Å²) < 4.78 is 4.65. The molecule has 0 amide bonds. The number of carbonyl (C=O) groups excluding carboxylic acids is 2. The number of Topliss-reactive ketones (excluding diaryl/α,β-unsaturated/α-hetero) is 1. The number of ether oxygens (including phenoxy) is 1. The Kier molecular flexibility index (Phi) is 2.35. The fourth-order valence-electron chi connectivity index (χ4n) is 1.47. The molecule has 1 aromatic heterocycles. The standard InChI is InChI=1S/C9H9NO3S/c1-13-9(12)7-8-5(2-3-14-8)6(11)4-10-7/h2-3,7,10H,4H2,1H3. The van der Waals surface area contributed by atoms with Crippen LogP contribution >= 0.6 is 11.3 Å². The summed E-state index contributed by atoms with van der Waals surface area (Å²) in [5.74, 6) is -0.317. The first-order valence-electron chi connectivity index (χ1n) is 4.16. The van der Waals surface area contributed by atoms with E-state index in [-0.39, 0.29) is 18.3 Å². The smallest absolute Gasteiger partial charge is 0.328 e. The van der Waals surface area contributed by atoms with Crippen molar-refractivity contribution in [3.05, 3.63) is 21.9 Å². The second-order valence-electron chi connectivity index (χ2n) is 2.96. The predicted octanol–water partition coefficient (Wildman–Crippen LogP) is 0.748. The third-order valence-corrected chi connectivity index (χ3v) is 3.14. The Balaban J connectivity index is 2.38. The number of thiophene rings is 1. The van der Waals surface area contributed by atoms with Crippen molar-refractivity contribution in [1.29, 1.82) is 0 Å². The summed E-state index contributed by atoms with van der Waals surface area (Å²) in [5, 5.41) is 4.66. The van der Waals surface area contributed by atoms with Crippen LogP contribution in [-0.4, -0.2) is 25.4 Å². The van der Waals surface area contributed by atoms with Crippen LogP contribution in [0.4, 0.5) is 0 Å². The van der Waals surface area contributed by atoms with E-state index in [0.717, 1.165) is 4.88 Å². The highest BCUT2D eigenvalue weighted by Crippen LogP contribution is 2.28. The van der Waals surface area contributed by atoms with Crippen LogP contribution in [0.3, 0.4) is 0 Å². The molecule has 1 aliphatic rings. The SMILES string of the molecule is COC(=O)C1NCC(=O)c2ccsc21. The van der Waals surface area contributed by atoms with Gasteiger partial charge in [-0.15, -0.1) is 11.3 Å². The average molecular weight is 211 g/mol. The van der Waals surface area contributed by atoms with Gasteiger partial charge in [0.05, 0.1) is 13.7 Å². The number of hydrogen-bond acceptors (Lipinski definition) is 5. The molecule has 0 fully saturated rings. The Morgan fingerprint density at radius 3 is 3.21 bits per heavy atom. The molecule has 0 bridgehead atoms. The molecular formula is C9H9NO3S. The first kappa shape index (κ1) is 9.36. The third kappa shape index (κ3) is 1.34. The highest BCUT2D eigenvalue weighted by atomic mass is 32.1. The Labute approximate surface area is 84.9 Å². The highest BCUT2D eigenvalue weighted by Gasteiger charge is 2.31. The van der Waals surface area contributed by atoms with Crippen LogP contribution < -0.4 is 5.32 Å². The van der Waals surface area contributed by atoms with Gasteiger partial charge in [0.15, 0.2) is 5.78 Å². The van der Waals surface area contributed by atoms with Gasteiger partial charge in [-0.05, 0) is 11.4 Å². The number of ketones is 1. The summed E-state index contributed by atoms with van der Waals surface area (Å²) in [6.45, 7) is 0.198. The van der Waals surface area contributed by atoms with Crippen molar-refractivity contribution < 1.29 is 14.3 Å². The summed E-state index contributed by atoms with van der Waals surface area (Å²) in [6.07, 6.45) is 0. The molecule has 74 valence electrons. The van der Waals surface area contributed by atoms with Gasteiger partial charge in [-0.2, -0.15) is 0 Å². The molecule has 2 heterocycles. The number of fused-ring (bicyclic) bond motifs is 1. The van der Waals surface area contributed by atoms with Crippen molar-refractivity contribution in [3.63, 3.8) is 0 Å². The maximum Gasteiger partial charge on any atom is 0.328 e. The van der Waals surface area contributed by atoms with Crippen molar-refractivity contribution in [1.82, 2.24) is 5.32 Å². The summed E-state index contributed by atoms with van der Waals surface area (Å²) in [4.78, 5) is 23.5. The van der Waals surface area contributed by atoms with Crippen molar-refractivity contribution in [2.75, 3.05) is 13.7 Å². The van der Waals surface area contributed by atoms with Crippen molar-refractivity contribution in [3.8, 4) is 0 Å². The Hall–Kier alpha value is -1.20. The molecule has 0 aromatic carbocycles. The van der Waals surface area contributed by atoms with Gasteiger partial charge in [-0.25, -0.2) is 4.79 Å². The normalized spacial score (nSPS) is 20.4. The molecule has 0 saturated carbocycles. The van der Waals surface area contributed by atoms with Crippen LogP contribution in [0.25, 0.3) is 0 Å². The number of rotatable bonds is 1. The molecule has 1 atom stereocenters. The van der Waals surface area contributed by atoms with E-state index in [2.05, 4.69) is 10.1 Å². The minimum Gasteiger partial charge on any atom is -0.468 e. The lowest BCUT2D eigenvalue weighted by atomic mass is 10.0.